The van der Waals surface area contributed by atoms with E-state index in [9.17, 15) is 4.39 Å². The molecular formula is C15H20FN5. The Morgan fingerprint density at radius 2 is 2.05 bits per heavy atom. The number of hydrogen-bond donors (Lipinski definition) is 2. The van der Waals surface area contributed by atoms with E-state index in [0.717, 1.165) is 5.57 Å². The van der Waals surface area contributed by atoms with Gasteiger partial charge in [0, 0.05) is 37.4 Å². The minimum absolute atomic E-state index is 0.301. The second-order valence-corrected chi connectivity index (χ2v) is 4.25. The summed E-state index contributed by atoms with van der Waals surface area (Å²) in [5, 5.41) is 1.40. The Morgan fingerprint density at radius 3 is 2.57 bits per heavy atom. The topological polar surface area (TPSA) is 81.1 Å². The Kier molecular flexibility index (Phi) is 6.83. The van der Waals surface area contributed by atoms with Gasteiger partial charge in [-0.1, -0.05) is 12.2 Å². The van der Waals surface area contributed by atoms with Crippen LogP contribution in [0.1, 0.15) is 19.2 Å². The van der Waals surface area contributed by atoms with Gasteiger partial charge in [0.25, 0.3) is 0 Å². The van der Waals surface area contributed by atoms with Crippen LogP contribution in [0, 0.1) is 0 Å². The van der Waals surface area contributed by atoms with Gasteiger partial charge in [0.2, 0.25) is 0 Å². The molecule has 0 radical (unpaired) electrons. The first-order valence-electron chi connectivity index (χ1n) is 6.44. The molecule has 0 spiro atoms. The summed E-state index contributed by atoms with van der Waals surface area (Å²) < 4.78 is 13.1. The number of aromatic nitrogens is 2. The molecule has 0 fully saturated rings. The van der Waals surface area contributed by atoms with E-state index in [4.69, 9.17) is 11.6 Å². The maximum atomic E-state index is 13.1. The molecular weight excluding hydrogens is 269 g/mol. The molecule has 5 nitrogen and oxygen atoms in total. The normalized spacial score (nSPS) is 13.8. The molecule has 4 N–H and O–H groups in total. The SMILES string of the molecule is C/C=C(F)\C=C/C/C(=C\N(C)N)C(=CN)c1ncccn1. The minimum atomic E-state index is -0.301. The Bertz CT molecular complexity index is 559. The number of nitrogens with zero attached hydrogens (tertiary/aromatic N) is 3. The Hall–Kier alpha value is -2.47. The van der Waals surface area contributed by atoms with Crippen molar-refractivity contribution < 1.29 is 4.39 Å². The van der Waals surface area contributed by atoms with Crippen LogP contribution in [-0.4, -0.2) is 22.0 Å². The van der Waals surface area contributed by atoms with E-state index in [1.165, 1.54) is 23.4 Å². The van der Waals surface area contributed by atoms with Gasteiger partial charge in [-0.25, -0.2) is 20.2 Å². The fourth-order valence-corrected chi connectivity index (χ4v) is 1.64. The molecule has 0 aromatic carbocycles. The monoisotopic (exact) mass is 289 g/mol. The van der Waals surface area contributed by atoms with Gasteiger partial charge in [-0.2, -0.15) is 0 Å². The summed E-state index contributed by atoms with van der Waals surface area (Å²) in [6.45, 7) is 1.63. The van der Waals surface area contributed by atoms with Crippen LogP contribution in [0.15, 0.2) is 60.5 Å². The summed E-state index contributed by atoms with van der Waals surface area (Å²) in [5.74, 6) is 5.85. The summed E-state index contributed by atoms with van der Waals surface area (Å²) in [4.78, 5) is 8.34. The first kappa shape index (κ1) is 16.6. The highest BCUT2D eigenvalue weighted by Crippen LogP contribution is 2.22. The van der Waals surface area contributed by atoms with Crippen molar-refractivity contribution in [1.29, 1.82) is 0 Å². The van der Waals surface area contributed by atoms with E-state index in [-0.39, 0.29) is 5.83 Å². The largest absolute Gasteiger partial charge is 0.404 e. The molecule has 6 heteroatoms. The van der Waals surface area contributed by atoms with E-state index in [1.54, 1.807) is 44.7 Å². The zero-order chi connectivity index (χ0) is 15.7. The zero-order valence-electron chi connectivity index (χ0n) is 12.2. The van der Waals surface area contributed by atoms with Gasteiger partial charge in [-0.15, -0.1) is 0 Å². The summed E-state index contributed by atoms with van der Waals surface area (Å²) in [6.07, 6.45) is 11.3. The number of hydrogen-bond acceptors (Lipinski definition) is 5. The van der Waals surface area contributed by atoms with Gasteiger partial charge in [-0.3, -0.25) is 0 Å². The second kappa shape index (κ2) is 8.65. The Labute approximate surface area is 124 Å². The zero-order valence-corrected chi connectivity index (χ0v) is 12.2. The molecule has 0 amide bonds. The van der Waals surface area contributed by atoms with Crippen molar-refractivity contribution in [2.24, 2.45) is 11.6 Å². The molecule has 0 aliphatic heterocycles. The first-order valence-corrected chi connectivity index (χ1v) is 6.44. The molecule has 0 saturated carbocycles. The molecule has 0 aliphatic rings. The second-order valence-electron chi connectivity index (χ2n) is 4.25. The molecule has 112 valence electrons. The predicted octanol–water partition coefficient (Wildman–Crippen LogP) is 2.29. The van der Waals surface area contributed by atoms with Crippen LogP contribution < -0.4 is 11.6 Å². The van der Waals surface area contributed by atoms with Gasteiger partial charge in [0.05, 0.1) is 0 Å². The first-order chi connectivity index (χ1) is 10.1. The maximum absolute atomic E-state index is 13.1. The molecule has 0 saturated heterocycles. The van der Waals surface area contributed by atoms with E-state index < -0.39 is 0 Å². The van der Waals surface area contributed by atoms with E-state index in [1.807, 2.05) is 0 Å². The van der Waals surface area contributed by atoms with Gasteiger partial charge in [-0.05, 0) is 31.1 Å². The number of hydrazine groups is 1. The van der Waals surface area contributed by atoms with Crippen molar-refractivity contribution in [1.82, 2.24) is 15.0 Å². The van der Waals surface area contributed by atoms with Gasteiger partial charge in [0.1, 0.15) is 5.83 Å². The van der Waals surface area contributed by atoms with E-state index in [2.05, 4.69) is 9.97 Å². The maximum Gasteiger partial charge on any atom is 0.160 e. The van der Waals surface area contributed by atoms with E-state index in [0.29, 0.717) is 17.8 Å². The molecule has 1 aromatic rings. The quantitative estimate of drug-likeness (QED) is 0.477. The average molecular weight is 289 g/mol. The Balaban J connectivity index is 3.05. The minimum Gasteiger partial charge on any atom is -0.404 e. The predicted molar refractivity (Wildman–Crippen MR) is 82.9 cm³/mol. The van der Waals surface area contributed by atoms with Gasteiger partial charge >= 0.3 is 0 Å². The third-order valence-corrected chi connectivity index (χ3v) is 2.57. The van der Waals surface area contributed by atoms with Gasteiger partial charge < -0.3 is 10.7 Å². The van der Waals surface area contributed by atoms with Crippen LogP contribution in [0.4, 0.5) is 4.39 Å². The van der Waals surface area contributed by atoms with Crippen LogP contribution in [0.3, 0.4) is 0 Å². The molecule has 0 unspecified atom stereocenters. The van der Waals surface area contributed by atoms with Crippen molar-refractivity contribution >= 4 is 5.57 Å². The number of allylic oxidation sites excluding steroid dienone is 6. The molecule has 0 atom stereocenters. The van der Waals surface area contributed by atoms with Crippen LogP contribution in [-0.2, 0) is 0 Å². The van der Waals surface area contributed by atoms with Crippen molar-refractivity contribution in [2.75, 3.05) is 7.05 Å². The van der Waals surface area contributed by atoms with Crippen LogP contribution >= 0.6 is 0 Å². The molecule has 1 rings (SSSR count). The lowest BCUT2D eigenvalue weighted by Crippen LogP contribution is -2.19. The number of nitrogens with two attached hydrogens (primary N) is 2. The van der Waals surface area contributed by atoms with Crippen LogP contribution in [0.5, 0.6) is 0 Å². The molecule has 21 heavy (non-hydrogen) atoms. The van der Waals surface area contributed by atoms with Crippen molar-refractivity contribution in [3.63, 3.8) is 0 Å². The number of rotatable bonds is 6. The molecule has 1 heterocycles. The molecule has 0 aliphatic carbocycles. The Morgan fingerprint density at radius 1 is 1.38 bits per heavy atom. The fraction of sp³-hybridized carbons (Fsp3) is 0.200. The lowest BCUT2D eigenvalue weighted by Gasteiger charge is -2.12. The van der Waals surface area contributed by atoms with Crippen molar-refractivity contribution in [3.8, 4) is 0 Å². The highest BCUT2D eigenvalue weighted by Gasteiger charge is 2.10. The fourth-order valence-electron chi connectivity index (χ4n) is 1.64. The summed E-state index contributed by atoms with van der Waals surface area (Å²) in [6, 6.07) is 1.72. The smallest absolute Gasteiger partial charge is 0.160 e. The van der Waals surface area contributed by atoms with Crippen molar-refractivity contribution in [3.05, 3.63) is 66.3 Å². The lowest BCUT2D eigenvalue weighted by molar-refractivity contribution is 0.481. The number of halogens is 1. The summed E-state index contributed by atoms with van der Waals surface area (Å²) in [7, 11) is 1.69. The van der Waals surface area contributed by atoms with Crippen LogP contribution in [0.2, 0.25) is 0 Å². The summed E-state index contributed by atoms with van der Waals surface area (Å²) >= 11 is 0. The molecule has 0 bridgehead atoms. The van der Waals surface area contributed by atoms with Gasteiger partial charge in [0.15, 0.2) is 5.82 Å². The lowest BCUT2D eigenvalue weighted by atomic mass is 10.0. The highest BCUT2D eigenvalue weighted by atomic mass is 19.1. The third kappa shape index (κ3) is 5.58. The average Bonchev–Trinajstić information content (AvgIpc) is 2.48. The third-order valence-electron chi connectivity index (χ3n) is 2.57. The van der Waals surface area contributed by atoms with Crippen LogP contribution in [0.25, 0.3) is 5.57 Å². The van der Waals surface area contributed by atoms with E-state index >= 15 is 0 Å². The summed E-state index contributed by atoms with van der Waals surface area (Å²) in [5.41, 5.74) is 7.12. The van der Waals surface area contributed by atoms with Crippen molar-refractivity contribution in [2.45, 2.75) is 13.3 Å². The molecule has 1 aromatic heterocycles. The highest BCUT2D eigenvalue weighted by molar-refractivity contribution is 5.74. The standard InChI is InChI=1S/C15H20FN5/c1-3-13(16)7-4-6-12(11-21(2)18)14(10-17)15-19-8-5-9-20-15/h3-5,7-11H,6,17-18H2,1-2H3/b7-4-,12-11+,13-3+,14-10?.